The number of aromatic nitrogens is 1. The van der Waals surface area contributed by atoms with Crippen LogP contribution in [0.25, 0.3) is 10.9 Å². The van der Waals surface area contributed by atoms with Gasteiger partial charge in [-0.05, 0) is 16.9 Å². The van der Waals surface area contributed by atoms with Crippen LogP contribution in [0.3, 0.4) is 0 Å². The van der Waals surface area contributed by atoms with Gasteiger partial charge in [0, 0.05) is 12.1 Å². The van der Waals surface area contributed by atoms with E-state index in [0.29, 0.717) is 10.1 Å². The fourth-order valence-corrected chi connectivity index (χ4v) is 1.43. The fourth-order valence-electron chi connectivity index (χ4n) is 1.43. The highest BCUT2D eigenvalue weighted by molar-refractivity contribution is 6.61. The Morgan fingerprint density at radius 2 is 1.61 bits per heavy atom. The Balaban J connectivity index is 2.44. The molecule has 0 fully saturated rings. The molecule has 2 nitrogen and oxygen atoms in total. The minimum absolute atomic E-state index is 0.130. The second-order valence-corrected chi connectivity index (χ2v) is 3.64. The predicted molar refractivity (Wildman–Crippen MR) is 54.7 cm³/mol. The molecule has 0 aliphatic heterocycles. The van der Waals surface area contributed by atoms with Gasteiger partial charge in [0.05, 0.1) is 5.39 Å². The second kappa shape index (κ2) is 4.11. The van der Waals surface area contributed by atoms with Gasteiger partial charge in [0.1, 0.15) is 0 Å². The van der Waals surface area contributed by atoms with Crippen LogP contribution < -0.4 is 9.49 Å². The van der Waals surface area contributed by atoms with Gasteiger partial charge in [-0.25, -0.2) is 13.2 Å². The van der Waals surface area contributed by atoms with Crippen molar-refractivity contribution < 1.29 is 31.3 Å². The van der Waals surface area contributed by atoms with Gasteiger partial charge in [-0.15, -0.1) is 0 Å². The van der Waals surface area contributed by atoms with Crippen molar-refractivity contribution in [2.24, 2.45) is 0 Å². The molecule has 96 valence electrons. The number of rotatable bonds is 2. The van der Waals surface area contributed by atoms with E-state index in [0.717, 1.165) is 6.20 Å². The largest absolute Gasteiger partial charge is 0.658 e. The molecule has 1 aromatic carbocycles. The molecular weight excluding hydrogens is 256 g/mol. The number of nitrogens with zero attached hydrogens (tertiary/aromatic N) is 1. The molecule has 0 saturated heterocycles. The van der Waals surface area contributed by atoms with Gasteiger partial charge in [0.25, 0.3) is 5.52 Å². The van der Waals surface area contributed by atoms with Crippen LogP contribution in [0.5, 0.6) is 0 Å². The molecule has 0 radical (unpaired) electrons. The van der Waals surface area contributed by atoms with E-state index in [9.17, 15) is 21.8 Å². The molecule has 1 heterocycles. The molecule has 8 heteroatoms. The third-order valence-corrected chi connectivity index (χ3v) is 2.30. The zero-order valence-electron chi connectivity index (χ0n) is 8.86. The quantitative estimate of drug-likeness (QED) is 0.461. The van der Waals surface area contributed by atoms with E-state index in [1.807, 2.05) is 0 Å². The lowest BCUT2D eigenvalue weighted by Crippen LogP contribution is -2.62. The van der Waals surface area contributed by atoms with Gasteiger partial charge in [0.2, 0.25) is 6.20 Å². The van der Waals surface area contributed by atoms with Gasteiger partial charge < -0.3 is 13.4 Å². The molecule has 0 atom stereocenters. The standard InChI is InChI=1S/C10H7BF5NO/c12-10(13,14)11(15,16)18-17-7-3-5-8-4-1-2-6-9(8)17/h1-7H. The van der Waals surface area contributed by atoms with Crippen molar-refractivity contribution in [1.82, 2.24) is 0 Å². The summed E-state index contributed by atoms with van der Waals surface area (Å²) in [6.07, 6.45) is -4.70. The molecule has 18 heavy (non-hydrogen) atoms. The van der Waals surface area contributed by atoms with Crippen LogP contribution in [-0.2, 0) is 0 Å². The monoisotopic (exact) mass is 263 g/mol. The number of pyridine rings is 1. The zero-order valence-corrected chi connectivity index (χ0v) is 8.86. The highest BCUT2D eigenvalue weighted by atomic mass is 19.4. The number of benzene rings is 1. The van der Waals surface area contributed by atoms with E-state index in [2.05, 4.69) is 4.76 Å². The molecule has 0 unspecified atom stereocenters. The molecule has 0 aliphatic carbocycles. The van der Waals surface area contributed by atoms with Crippen LogP contribution in [0.2, 0.25) is 0 Å². The van der Waals surface area contributed by atoms with Crippen molar-refractivity contribution in [2.45, 2.75) is 6.08 Å². The average molecular weight is 263 g/mol. The first kappa shape index (κ1) is 12.6. The lowest BCUT2D eigenvalue weighted by Gasteiger charge is -2.23. The first-order valence-corrected chi connectivity index (χ1v) is 4.97. The molecule has 0 amide bonds. The van der Waals surface area contributed by atoms with Crippen molar-refractivity contribution in [3.8, 4) is 0 Å². The van der Waals surface area contributed by atoms with Crippen molar-refractivity contribution in [2.75, 3.05) is 0 Å². The molecular formula is C10H7BF5NO. The smallest absolute Gasteiger partial charge is 0.432 e. The number of alkyl halides is 3. The predicted octanol–water partition coefficient (Wildman–Crippen LogP) is 2.54. The molecule has 0 aliphatic rings. The van der Waals surface area contributed by atoms with Crippen molar-refractivity contribution in [1.29, 1.82) is 0 Å². The van der Waals surface area contributed by atoms with E-state index in [-0.39, 0.29) is 5.52 Å². The Morgan fingerprint density at radius 1 is 1.00 bits per heavy atom. The van der Waals surface area contributed by atoms with Gasteiger partial charge in [0.15, 0.2) is 0 Å². The Hall–Kier alpha value is -1.86. The van der Waals surface area contributed by atoms with Gasteiger partial charge in [-0.1, -0.05) is 12.1 Å². The van der Waals surface area contributed by atoms with Crippen LogP contribution in [0.1, 0.15) is 0 Å². The number of hydrogen-bond donors (Lipinski definition) is 0. The maximum atomic E-state index is 12.8. The fraction of sp³-hybridized carbons (Fsp3) is 0.100. The summed E-state index contributed by atoms with van der Waals surface area (Å²) in [6, 6.07) is 9.02. The first-order chi connectivity index (χ1) is 8.31. The summed E-state index contributed by atoms with van der Waals surface area (Å²) in [5.74, 6) is 0. The highest BCUT2D eigenvalue weighted by Gasteiger charge is 2.60. The van der Waals surface area contributed by atoms with Crippen LogP contribution >= 0.6 is 0 Å². The Kier molecular flexibility index (Phi) is 2.88. The maximum absolute atomic E-state index is 12.8. The van der Waals surface area contributed by atoms with Crippen LogP contribution in [0.15, 0.2) is 42.6 Å². The molecule has 0 saturated carbocycles. The summed E-state index contributed by atoms with van der Waals surface area (Å²) in [7, 11) is 0. The van der Waals surface area contributed by atoms with Crippen LogP contribution in [-0.4, -0.2) is 13.0 Å². The van der Waals surface area contributed by atoms with Crippen LogP contribution in [0, 0.1) is 0 Å². The SMILES string of the molecule is F[B-](F)(O[n+]1cccc2ccccc21)C(F)(F)F. The summed E-state index contributed by atoms with van der Waals surface area (Å²) in [4.78, 5) is 0. The topological polar surface area (TPSA) is 13.1 Å². The van der Waals surface area contributed by atoms with Crippen molar-refractivity contribution in [3.63, 3.8) is 0 Å². The van der Waals surface area contributed by atoms with E-state index in [1.165, 1.54) is 18.2 Å². The lowest BCUT2D eigenvalue weighted by atomic mass is 9.87. The van der Waals surface area contributed by atoms with Crippen LogP contribution in [0.4, 0.5) is 21.8 Å². The normalized spacial score (nSPS) is 12.7. The molecule has 2 aromatic rings. The molecule has 0 bridgehead atoms. The summed E-state index contributed by atoms with van der Waals surface area (Å²) < 4.78 is 66.1. The van der Waals surface area contributed by atoms with E-state index in [1.54, 1.807) is 18.2 Å². The number of para-hydroxylation sites is 1. The summed E-state index contributed by atoms with van der Waals surface area (Å²) >= 11 is 0. The third kappa shape index (κ3) is 2.22. The van der Waals surface area contributed by atoms with E-state index < -0.39 is 13.0 Å². The Labute approximate surface area is 98.6 Å². The third-order valence-electron chi connectivity index (χ3n) is 2.30. The number of halogens is 5. The molecule has 2 rings (SSSR count). The van der Waals surface area contributed by atoms with E-state index in [4.69, 9.17) is 0 Å². The minimum Gasteiger partial charge on any atom is -0.432 e. The van der Waals surface area contributed by atoms with E-state index >= 15 is 0 Å². The number of fused-ring (bicyclic) bond motifs is 1. The second-order valence-electron chi connectivity index (χ2n) is 3.64. The van der Waals surface area contributed by atoms with Gasteiger partial charge in [-0.3, -0.25) is 0 Å². The zero-order chi connectivity index (χ0) is 13.4. The Bertz CT molecular complexity index is 566. The summed E-state index contributed by atoms with van der Waals surface area (Å²) in [6.45, 7) is -5.95. The molecule has 1 aromatic heterocycles. The average Bonchev–Trinajstić information content (AvgIpc) is 2.27. The minimum atomic E-state index is -5.95. The molecule has 0 N–H and O–H groups in total. The van der Waals surface area contributed by atoms with Crippen molar-refractivity contribution in [3.05, 3.63) is 42.6 Å². The maximum Gasteiger partial charge on any atom is 0.658 e. The Morgan fingerprint density at radius 3 is 2.28 bits per heavy atom. The number of hydrogen-bond acceptors (Lipinski definition) is 1. The van der Waals surface area contributed by atoms with Gasteiger partial charge in [-0.2, -0.15) is 0 Å². The summed E-state index contributed by atoms with van der Waals surface area (Å²) in [5.41, 5.74) is 0.130. The molecule has 0 spiro atoms. The van der Waals surface area contributed by atoms with Gasteiger partial charge >= 0.3 is 13.0 Å². The first-order valence-electron chi connectivity index (χ1n) is 4.97. The van der Waals surface area contributed by atoms with Crippen molar-refractivity contribution >= 4 is 17.8 Å². The lowest BCUT2D eigenvalue weighted by molar-refractivity contribution is -0.847. The highest BCUT2D eigenvalue weighted by Crippen LogP contribution is 2.29. The summed E-state index contributed by atoms with van der Waals surface area (Å²) in [5, 5.41) is 0.494.